The number of hydrogen-bond acceptors (Lipinski definition) is 4. The summed E-state index contributed by atoms with van der Waals surface area (Å²) < 4.78 is 22.3. The second-order valence-electron chi connectivity index (χ2n) is 3.16. The molecule has 0 aromatic heterocycles. The van der Waals surface area contributed by atoms with Crippen molar-refractivity contribution in [2.24, 2.45) is 0 Å². The number of hydrogen-bond donors (Lipinski definition) is 2. The van der Waals surface area contributed by atoms with Gasteiger partial charge < -0.3 is 10.0 Å². The van der Waals surface area contributed by atoms with Gasteiger partial charge in [0, 0.05) is 6.26 Å². The highest BCUT2D eigenvalue weighted by Gasteiger charge is 2.16. The molecule has 0 amide bonds. The summed E-state index contributed by atoms with van der Waals surface area (Å²) in [5, 5.41) is 17.8. The molecule has 0 heterocycles. The van der Waals surface area contributed by atoms with Gasteiger partial charge in [0.15, 0.2) is 9.84 Å². The predicted octanol–water partition coefficient (Wildman–Crippen LogP) is -0.922. The van der Waals surface area contributed by atoms with Crippen molar-refractivity contribution < 1.29 is 18.5 Å². The Kier molecular flexibility index (Phi) is 2.99. The molecule has 0 saturated carbocycles. The van der Waals surface area contributed by atoms with Crippen LogP contribution in [0.1, 0.15) is 5.56 Å². The van der Waals surface area contributed by atoms with Crippen LogP contribution in [0.3, 0.4) is 0 Å². The van der Waals surface area contributed by atoms with E-state index in [-0.39, 0.29) is 4.90 Å². The lowest BCUT2D eigenvalue weighted by molar-refractivity contribution is 0.425. The van der Waals surface area contributed by atoms with Crippen LogP contribution in [-0.2, 0) is 9.84 Å². The van der Waals surface area contributed by atoms with Crippen molar-refractivity contribution in [3.8, 4) is 0 Å². The lowest BCUT2D eigenvalue weighted by Crippen LogP contribution is -2.32. The van der Waals surface area contributed by atoms with Gasteiger partial charge in [0.25, 0.3) is 0 Å². The van der Waals surface area contributed by atoms with Crippen molar-refractivity contribution in [1.82, 2.24) is 0 Å². The molecule has 0 bridgehead atoms. The van der Waals surface area contributed by atoms with Crippen molar-refractivity contribution in [3.05, 3.63) is 23.8 Å². The van der Waals surface area contributed by atoms with E-state index in [1.54, 1.807) is 6.92 Å². The fraction of sp³-hybridized carbons (Fsp3) is 0.250. The summed E-state index contributed by atoms with van der Waals surface area (Å²) in [7, 11) is -4.80. The molecule has 0 atom stereocenters. The van der Waals surface area contributed by atoms with E-state index in [0.29, 0.717) is 11.0 Å². The van der Waals surface area contributed by atoms with Gasteiger partial charge in [-0.1, -0.05) is 11.6 Å². The van der Waals surface area contributed by atoms with E-state index in [2.05, 4.69) is 0 Å². The third kappa shape index (κ3) is 2.34. The van der Waals surface area contributed by atoms with Crippen LogP contribution >= 0.6 is 0 Å². The minimum absolute atomic E-state index is 0.180. The molecule has 1 aromatic rings. The van der Waals surface area contributed by atoms with Crippen LogP contribution < -0.4 is 5.46 Å². The maximum absolute atomic E-state index is 11.1. The third-order valence-electron chi connectivity index (χ3n) is 1.95. The summed E-state index contributed by atoms with van der Waals surface area (Å²) in [6, 6.07) is 4.18. The van der Waals surface area contributed by atoms with Crippen molar-refractivity contribution in [2.75, 3.05) is 6.26 Å². The van der Waals surface area contributed by atoms with Gasteiger partial charge in [-0.05, 0) is 24.5 Å². The molecule has 6 heteroatoms. The van der Waals surface area contributed by atoms with Crippen LogP contribution in [0.2, 0.25) is 0 Å². The first-order valence-corrected chi connectivity index (χ1v) is 5.88. The minimum atomic E-state index is -3.23. The Hall–Kier alpha value is -0.845. The standard InChI is InChI=1S/C8H11BO4S/c1-6-5-7(14(2,12)13)3-4-8(6)9(10)11/h3-5,10-11H,1-2H3. The molecule has 0 unspecified atom stereocenters. The van der Waals surface area contributed by atoms with Crippen molar-refractivity contribution >= 4 is 22.4 Å². The second kappa shape index (κ2) is 3.72. The van der Waals surface area contributed by atoms with Gasteiger partial charge in [0.2, 0.25) is 0 Å². The fourth-order valence-corrected chi connectivity index (χ4v) is 1.87. The van der Waals surface area contributed by atoms with Gasteiger partial charge in [-0.3, -0.25) is 0 Å². The van der Waals surface area contributed by atoms with Gasteiger partial charge in [-0.2, -0.15) is 0 Å². The van der Waals surface area contributed by atoms with Crippen LogP contribution in [0.15, 0.2) is 23.1 Å². The Labute approximate surface area is 83.3 Å². The first kappa shape index (κ1) is 11.2. The second-order valence-corrected chi connectivity index (χ2v) is 5.18. The molecular weight excluding hydrogens is 203 g/mol. The van der Waals surface area contributed by atoms with Crippen LogP contribution in [0.4, 0.5) is 0 Å². The van der Waals surface area contributed by atoms with E-state index in [9.17, 15) is 8.42 Å². The molecule has 14 heavy (non-hydrogen) atoms. The van der Waals surface area contributed by atoms with Crippen molar-refractivity contribution in [1.29, 1.82) is 0 Å². The number of aryl methyl sites for hydroxylation is 1. The molecule has 0 radical (unpaired) electrons. The molecule has 1 rings (SSSR count). The topological polar surface area (TPSA) is 74.6 Å². The van der Waals surface area contributed by atoms with Crippen LogP contribution in [0.5, 0.6) is 0 Å². The van der Waals surface area contributed by atoms with Crippen LogP contribution in [0, 0.1) is 6.92 Å². The zero-order chi connectivity index (χ0) is 10.9. The Bertz CT molecular complexity index is 439. The first-order valence-electron chi connectivity index (χ1n) is 3.99. The zero-order valence-electron chi connectivity index (χ0n) is 7.93. The lowest BCUT2D eigenvalue weighted by Gasteiger charge is -2.06. The highest BCUT2D eigenvalue weighted by molar-refractivity contribution is 7.90. The van der Waals surface area contributed by atoms with E-state index in [1.807, 2.05) is 0 Å². The minimum Gasteiger partial charge on any atom is -0.423 e. The third-order valence-corrected chi connectivity index (χ3v) is 3.06. The largest absolute Gasteiger partial charge is 0.488 e. The predicted molar refractivity (Wildman–Crippen MR) is 54.1 cm³/mol. The molecule has 4 nitrogen and oxygen atoms in total. The van der Waals surface area contributed by atoms with E-state index in [4.69, 9.17) is 10.0 Å². The zero-order valence-corrected chi connectivity index (χ0v) is 8.75. The van der Waals surface area contributed by atoms with E-state index >= 15 is 0 Å². The highest BCUT2D eigenvalue weighted by atomic mass is 32.2. The molecule has 0 fully saturated rings. The Morgan fingerprint density at radius 2 is 1.86 bits per heavy atom. The van der Waals surface area contributed by atoms with Gasteiger partial charge in [0.1, 0.15) is 0 Å². The molecule has 0 aliphatic rings. The van der Waals surface area contributed by atoms with Crippen LogP contribution in [-0.4, -0.2) is 31.8 Å². The normalized spacial score (nSPS) is 11.4. The van der Waals surface area contributed by atoms with Gasteiger partial charge in [-0.25, -0.2) is 8.42 Å². The summed E-state index contributed by atoms with van der Waals surface area (Å²) in [5.41, 5.74) is 0.861. The fourth-order valence-electron chi connectivity index (χ4n) is 1.17. The number of benzene rings is 1. The molecular formula is C8H11BO4S. The number of sulfone groups is 1. The Morgan fingerprint density at radius 3 is 2.21 bits per heavy atom. The molecule has 0 saturated heterocycles. The van der Waals surface area contributed by atoms with E-state index in [0.717, 1.165) is 6.26 Å². The molecule has 2 N–H and O–H groups in total. The smallest absolute Gasteiger partial charge is 0.423 e. The SMILES string of the molecule is Cc1cc(S(C)(=O)=O)ccc1B(O)O. The highest BCUT2D eigenvalue weighted by Crippen LogP contribution is 2.09. The average molecular weight is 214 g/mol. The van der Waals surface area contributed by atoms with E-state index in [1.165, 1.54) is 18.2 Å². The molecule has 0 aliphatic carbocycles. The van der Waals surface area contributed by atoms with E-state index < -0.39 is 17.0 Å². The molecule has 0 aliphatic heterocycles. The van der Waals surface area contributed by atoms with Gasteiger partial charge in [-0.15, -0.1) is 0 Å². The first-order chi connectivity index (χ1) is 6.32. The van der Waals surface area contributed by atoms with Crippen molar-refractivity contribution in [3.63, 3.8) is 0 Å². The molecule has 0 spiro atoms. The maximum atomic E-state index is 11.1. The Morgan fingerprint density at radius 1 is 1.29 bits per heavy atom. The summed E-state index contributed by atoms with van der Waals surface area (Å²) in [6.45, 7) is 1.63. The van der Waals surface area contributed by atoms with Crippen molar-refractivity contribution in [2.45, 2.75) is 11.8 Å². The van der Waals surface area contributed by atoms with Crippen LogP contribution in [0.25, 0.3) is 0 Å². The quantitative estimate of drug-likeness (QED) is 0.624. The average Bonchev–Trinajstić information content (AvgIpc) is 2.01. The Balaban J connectivity index is 3.27. The summed E-state index contributed by atoms with van der Waals surface area (Å²) in [5.74, 6) is 0. The summed E-state index contributed by atoms with van der Waals surface area (Å²) >= 11 is 0. The monoisotopic (exact) mass is 214 g/mol. The maximum Gasteiger partial charge on any atom is 0.488 e. The number of rotatable bonds is 2. The molecule has 1 aromatic carbocycles. The summed E-state index contributed by atoms with van der Waals surface area (Å²) in [4.78, 5) is 0.180. The molecule has 76 valence electrons. The van der Waals surface area contributed by atoms with Gasteiger partial charge >= 0.3 is 7.12 Å². The summed E-state index contributed by atoms with van der Waals surface area (Å²) in [6.07, 6.45) is 1.11. The lowest BCUT2D eigenvalue weighted by atomic mass is 9.77. The van der Waals surface area contributed by atoms with Gasteiger partial charge in [0.05, 0.1) is 4.90 Å².